The van der Waals surface area contributed by atoms with Gasteiger partial charge >= 0.3 is 6.18 Å². The first-order chi connectivity index (χ1) is 10.3. The molecular weight excluding hydrogens is 317 g/mol. The topological polar surface area (TPSA) is 32.3 Å². The number of amides is 1. The molecule has 1 saturated heterocycles. The lowest BCUT2D eigenvalue weighted by Crippen LogP contribution is -2.48. The molecule has 0 aromatic heterocycles. The monoisotopic (exact) mass is 334 g/mol. The van der Waals surface area contributed by atoms with Gasteiger partial charge in [-0.15, -0.1) is 0 Å². The molecule has 0 radical (unpaired) electrons. The molecule has 1 aliphatic rings. The molecule has 1 aromatic rings. The van der Waals surface area contributed by atoms with Crippen LogP contribution in [0.5, 0.6) is 0 Å². The normalized spacial score (nSPS) is 19.9. The number of nitrogens with one attached hydrogen (secondary N) is 1. The van der Waals surface area contributed by atoms with Crippen molar-refractivity contribution in [3.05, 3.63) is 34.9 Å². The molecule has 7 heteroatoms. The first kappa shape index (κ1) is 17.1. The highest BCUT2D eigenvalue weighted by molar-refractivity contribution is 6.30. The quantitative estimate of drug-likeness (QED) is 0.915. The first-order valence-electron chi connectivity index (χ1n) is 7.15. The maximum Gasteiger partial charge on any atom is 0.397 e. The van der Waals surface area contributed by atoms with Gasteiger partial charge < -0.3 is 5.32 Å². The van der Waals surface area contributed by atoms with Crippen LogP contribution in [0, 0.1) is 0 Å². The molecular formula is C15H18ClF3N2O. The van der Waals surface area contributed by atoms with E-state index in [0.717, 1.165) is 18.5 Å². The standard InChI is InChI=1S/C15H18ClF3N2O/c16-12-5-3-11(4-6-12)9-21-7-1-2-13(10-21)20-14(22)8-15(17,18)19/h3-6,13H,1-2,7-10H2,(H,20,22). The predicted molar refractivity (Wildman–Crippen MR) is 78.6 cm³/mol. The lowest BCUT2D eigenvalue weighted by molar-refractivity contribution is -0.154. The largest absolute Gasteiger partial charge is 0.397 e. The smallest absolute Gasteiger partial charge is 0.352 e. The van der Waals surface area contributed by atoms with Gasteiger partial charge in [-0.1, -0.05) is 23.7 Å². The molecule has 1 N–H and O–H groups in total. The van der Waals surface area contributed by atoms with Crippen LogP contribution >= 0.6 is 11.6 Å². The van der Waals surface area contributed by atoms with Crippen LogP contribution in [0.2, 0.25) is 5.02 Å². The van der Waals surface area contributed by atoms with Crippen LogP contribution < -0.4 is 5.32 Å². The van der Waals surface area contributed by atoms with Gasteiger partial charge in [0.2, 0.25) is 5.91 Å². The van der Waals surface area contributed by atoms with E-state index < -0.39 is 18.5 Å². The van der Waals surface area contributed by atoms with E-state index in [2.05, 4.69) is 10.2 Å². The van der Waals surface area contributed by atoms with Gasteiger partial charge in [0.1, 0.15) is 6.42 Å². The second-order valence-corrected chi connectivity index (χ2v) is 6.00. The number of halogens is 4. The maximum atomic E-state index is 12.2. The Bertz CT molecular complexity index is 505. The number of nitrogens with zero attached hydrogens (tertiary/aromatic N) is 1. The lowest BCUT2D eigenvalue weighted by atomic mass is 10.0. The Kier molecular flexibility index (Phi) is 5.69. The van der Waals surface area contributed by atoms with Crippen molar-refractivity contribution in [1.82, 2.24) is 10.2 Å². The molecule has 1 aliphatic heterocycles. The Hall–Kier alpha value is -1.27. The highest BCUT2D eigenvalue weighted by Gasteiger charge is 2.32. The van der Waals surface area contributed by atoms with Crippen LogP contribution in [0.25, 0.3) is 0 Å². The van der Waals surface area contributed by atoms with E-state index in [-0.39, 0.29) is 6.04 Å². The first-order valence-corrected chi connectivity index (χ1v) is 7.52. The second kappa shape index (κ2) is 7.33. The Morgan fingerprint density at radius 2 is 2.00 bits per heavy atom. The van der Waals surface area contributed by atoms with Gasteiger partial charge in [-0.05, 0) is 37.1 Å². The fourth-order valence-electron chi connectivity index (χ4n) is 2.63. The zero-order chi connectivity index (χ0) is 16.2. The fourth-order valence-corrected chi connectivity index (χ4v) is 2.75. The van der Waals surface area contributed by atoms with E-state index in [1.807, 2.05) is 24.3 Å². The number of carbonyl (C=O) groups is 1. The molecule has 2 rings (SSSR count). The molecule has 1 amide bonds. The van der Waals surface area contributed by atoms with Crippen molar-refractivity contribution < 1.29 is 18.0 Å². The van der Waals surface area contributed by atoms with Gasteiger partial charge in [0.05, 0.1) is 0 Å². The molecule has 1 heterocycles. The summed E-state index contributed by atoms with van der Waals surface area (Å²) >= 11 is 5.83. The number of hydrogen-bond donors (Lipinski definition) is 1. The molecule has 1 aromatic carbocycles. The van der Waals surface area contributed by atoms with E-state index in [4.69, 9.17) is 11.6 Å². The third-order valence-corrected chi connectivity index (χ3v) is 3.80. The summed E-state index contributed by atoms with van der Waals surface area (Å²) in [5, 5.41) is 3.14. The minimum Gasteiger partial charge on any atom is -0.352 e. The SMILES string of the molecule is O=C(CC(F)(F)F)NC1CCCN(Cc2ccc(Cl)cc2)C1. The van der Waals surface area contributed by atoms with Crippen molar-refractivity contribution in [2.75, 3.05) is 13.1 Å². The number of carbonyl (C=O) groups excluding carboxylic acids is 1. The summed E-state index contributed by atoms with van der Waals surface area (Å²) in [5.41, 5.74) is 1.09. The number of rotatable bonds is 4. The summed E-state index contributed by atoms with van der Waals surface area (Å²) in [6.07, 6.45) is -4.31. The molecule has 1 unspecified atom stereocenters. The third kappa shape index (κ3) is 5.85. The lowest BCUT2D eigenvalue weighted by Gasteiger charge is -2.33. The number of likely N-dealkylation sites (tertiary alicyclic amines) is 1. The van der Waals surface area contributed by atoms with E-state index in [1.165, 1.54) is 0 Å². The summed E-state index contributed by atoms with van der Waals surface area (Å²) in [6.45, 7) is 2.13. The molecule has 0 bridgehead atoms. The van der Waals surface area contributed by atoms with Crippen molar-refractivity contribution in [3.8, 4) is 0 Å². The average molecular weight is 335 g/mol. The van der Waals surface area contributed by atoms with E-state index in [9.17, 15) is 18.0 Å². The average Bonchev–Trinajstić information content (AvgIpc) is 2.39. The number of benzene rings is 1. The van der Waals surface area contributed by atoms with Crippen LogP contribution in [-0.4, -0.2) is 36.1 Å². The maximum absolute atomic E-state index is 12.2. The molecule has 0 saturated carbocycles. The van der Waals surface area contributed by atoms with E-state index in [1.54, 1.807) is 0 Å². The van der Waals surface area contributed by atoms with Crippen LogP contribution in [0.3, 0.4) is 0 Å². The van der Waals surface area contributed by atoms with Gasteiger partial charge in [-0.3, -0.25) is 9.69 Å². The summed E-state index contributed by atoms with van der Waals surface area (Å²) in [6, 6.07) is 7.24. The summed E-state index contributed by atoms with van der Waals surface area (Å²) in [5.74, 6) is -0.953. The second-order valence-electron chi connectivity index (χ2n) is 5.56. The molecule has 3 nitrogen and oxygen atoms in total. The van der Waals surface area contributed by atoms with Crippen molar-refractivity contribution >= 4 is 17.5 Å². The molecule has 22 heavy (non-hydrogen) atoms. The van der Waals surface area contributed by atoms with E-state index >= 15 is 0 Å². The van der Waals surface area contributed by atoms with Crippen molar-refractivity contribution in [3.63, 3.8) is 0 Å². The number of hydrogen-bond acceptors (Lipinski definition) is 2. The van der Waals surface area contributed by atoms with Gasteiger partial charge in [0.25, 0.3) is 0 Å². The number of alkyl halides is 3. The minimum atomic E-state index is -4.46. The Labute approximate surface area is 132 Å². The van der Waals surface area contributed by atoms with Crippen LogP contribution in [-0.2, 0) is 11.3 Å². The predicted octanol–water partition coefficient (Wildman–Crippen LogP) is 3.37. The fraction of sp³-hybridized carbons (Fsp3) is 0.533. The molecule has 0 aliphatic carbocycles. The van der Waals surface area contributed by atoms with Gasteiger partial charge in [0.15, 0.2) is 0 Å². The number of piperidine rings is 1. The summed E-state index contributed by atoms with van der Waals surface area (Å²) in [4.78, 5) is 13.5. The van der Waals surface area contributed by atoms with Crippen molar-refractivity contribution in [2.45, 2.75) is 38.0 Å². The highest BCUT2D eigenvalue weighted by atomic mass is 35.5. The van der Waals surface area contributed by atoms with Crippen molar-refractivity contribution in [2.24, 2.45) is 0 Å². The zero-order valence-electron chi connectivity index (χ0n) is 12.0. The molecule has 122 valence electrons. The summed E-state index contributed by atoms with van der Waals surface area (Å²) in [7, 11) is 0. The Morgan fingerprint density at radius 1 is 1.32 bits per heavy atom. The summed E-state index contributed by atoms with van der Waals surface area (Å²) < 4.78 is 36.5. The third-order valence-electron chi connectivity index (χ3n) is 3.55. The van der Waals surface area contributed by atoms with Crippen LogP contribution in [0.4, 0.5) is 13.2 Å². The minimum absolute atomic E-state index is 0.226. The van der Waals surface area contributed by atoms with E-state index in [0.29, 0.717) is 24.5 Å². The Balaban J connectivity index is 1.83. The molecule has 1 atom stereocenters. The van der Waals surface area contributed by atoms with Crippen LogP contribution in [0.1, 0.15) is 24.8 Å². The highest BCUT2D eigenvalue weighted by Crippen LogP contribution is 2.20. The van der Waals surface area contributed by atoms with Crippen molar-refractivity contribution in [1.29, 1.82) is 0 Å². The molecule has 1 fully saturated rings. The molecule has 0 spiro atoms. The Morgan fingerprint density at radius 3 is 2.64 bits per heavy atom. The van der Waals surface area contributed by atoms with Gasteiger partial charge in [-0.25, -0.2) is 0 Å². The van der Waals surface area contributed by atoms with Crippen LogP contribution in [0.15, 0.2) is 24.3 Å². The van der Waals surface area contributed by atoms with Gasteiger partial charge in [0, 0.05) is 24.2 Å². The zero-order valence-corrected chi connectivity index (χ0v) is 12.8. The van der Waals surface area contributed by atoms with Gasteiger partial charge in [-0.2, -0.15) is 13.2 Å².